The predicted molar refractivity (Wildman–Crippen MR) is 82.9 cm³/mol. The quantitative estimate of drug-likeness (QED) is 0.786. The molecule has 2 rings (SSSR count). The average Bonchev–Trinajstić information content (AvgIpc) is 2.86. The summed E-state index contributed by atoms with van der Waals surface area (Å²) in [6.07, 6.45) is 5.36. The van der Waals surface area contributed by atoms with Gasteiger partial charge in [-0.1, -0.05) is 24.9 Å². The SMILES string of the molecule is CCCC1(C(=O)c2c(Cl)cnn2CCOC)CCCNC1. The van der Waals surface area contributed by atoms with Crippen molar-refractivity contribution >= 4 is 17.4 Å². The molecule has 118 valence electrons. The van der Waals surface area contributed by atoms with Gasteiger partial charge in [0.15, 0.2) is 5.78 Å². The molecule has 1 aliphatic heterocycles. The van der Waals surface area contributed by atoms with Crippen LogP contribution < -0.4 is 5.32 Å². The van der Waals surface area contributed by atoms with E-state index in [9.17, 15) is 4.79 Å². The number of Topliss-reactive ketones (excluding diaryl/α,β-unsaturated/α-hetero) is 1. The number of hydrogen-bond acceptors (Lipinski definition) is 4. The van der Waals surface area contributed by atoms with Gasteiger partial charge in [0, 0.05) is 19.1 Å². The number of hydrogen-bond donors (Lipinski definition) is 1. The first-order chi connectivity index (χ1) is 10.1. The van der Waals surface area contributed by atoms with E-state index < -0.39 is 0 Å². The van der Waals surface area contributed by atoms with Gasteiger partial charge in [-0.3, -0.25) is 9.48 Å². The van der Waals surface area contributed by atoms with Gasteiger partial charge in [0.1, 0.15) is 5.69 Å². The molecule has 1 fully saturated rings. The normalized spacial score (nSPS) is 22.4. The molecule has 1 N–H and O–H groups in total. The molecule has 0 aromatic carbocycles. The number of ether oxygens (including phenoxy) is 1. The van der Waals surface area contributed by atoms with Crippen LogP contribution in [-0.4, -0.2) is 42.4 Å². The van der Waals surface area contributed by atoms with Crippen LogP contribution in [0.2, 0.25) is 5.02 Å². The van der Waals surface area contributed by atoms with Crippen molar-refractivity contribution in [3.05, 3.63) is 16.9 Å². The van der Waals surface area contributed by atoms with Gasteiger partial charge in [-0.2, -0.15) is 5.10 Å². The van der Waals surface area contributed by atoms with Gasteiger partial charge in [0.25, 0.3) is 0 Å². The maximum absolute atomic E-state index is 13.2. The highest BCUT2D eigenvalue weighted by Gasteiger charge is 2.41. The maximum Gasteiger partial charge on any atom is 0.189 e. The number of ketones is 1. The minimum atomic E-state index is -0.346. The number of carbonyl (C=O) groups excluding carboxylic acids is 1. The molecule has 0 amide bonds. The molecule has 1 aromatic heterocycles. The molecule has 0 radical (unpaired) electrons. The van der Waals surface area contributed by atoms with E-state index in [1.165, 1.54) is 0 Å². The van der Waals surface area contributed by atoms with Crippen LogP contribution in [0, 0.1) is 5.41 Å². The van der Waals surface area contributed by atoms with Gasteiger partial charge in [0.05, 0.1) is 24.4 Å². The lowest BCUT2D eigenvalue weighted by molar-refractivity contribution is 0.0702. The van der Waals surface area contributed by atoms with Gasteiger partial charge in [-0.05, 0) is 25.8 Å². The summed E-state index contributed by atoms with van der Waals surface area (Å²) in [6.45, 7) is 4.88. The number of aromatic nitrogens is 2. The standard InChI is InChI=1S/C15H24ClN3O2/c1-3-5-15(6-4-7-17-11-15)14(20)13-12(16)10-18-19(13)8-9-21-2/h10,17H,3-9,11H2,1-2H3. The molecule has 0 bridgehead atoms. The second kappa shape index (κ2) is 7.38. The molecule has 0 saturated carbocycles. The first kappa shape index (κ1) is 16.5. The van der Waals surface area contributed by atoms with Crippen LogP contribution >= 0.6 is 11.6 Å². The Labute approximate surface area is 131 Å². The molecule has 2 heterocycles. The number of piperidine rings is 1. The zero-order valence-electron chi connectivity index (χ0n) is 12.8. The van der Waals surface area contributed by atoms with Crippen molar-refractivity contribution in [1.29, 1.82) is 0 Å². The largest absolute Gasteiger partial charge is 0.383 e. The van der Waals surface area contributed by atoms with Crippen molar-refractivity contribution in [3.63, 3.8) is 0 Å². The highest BCUT2D eigenvalue weighted by Crippen LogP contribution is 2.36. The lowest BCUT2D eigenvalue weighted by Gasteiger charge is -2.36. The average molecular weight is 314 g/mol. The van der Waals surface area contributed by atoms with Gasteiger partial charge in [-0.15, -0.1) is 0 Å². The Kier molecular flexibility index (Phi) is 5.79. The minimum absolute atomic E-state index is 0.121. The lowest BCUT2D eigenvalue weighted by atomic mass is 9.72. The lowest BCUT2D eigenvalue weighted by Crippen LogP contribution is -2.46. The third-order valence-corrected chi connectivity index (χ3v) is 4.48. The molecule has 0 aliphatic carbocycles. The summed E-state index contributed by atoms with van der Waals surface area (Å²) in [5.74, 6) is 0.121. The Hall–Kier alpha value is -0.910. The van der Waals surface area contributed by atoms with Gasteiger partial charge in [-0.25, -0.2) is 0 Å². The van der Waals surface area contributed by atoms with Crippen molar-refractivity contribution in [3.8, 4) is 0 Å². The molecular weight excluding hydrogens is 290 g/mol. The van der Waals surface area contributed by atoms with Crippen LogP contribution in [0.4, 0.5) is 0 Å². The number of rotatable bonds is 7. The fourth-order valence-corrected chi connectivity index (χ4v) is 3.38. The Morgan fingerprint density at radius 3 is 3.05 bits per heavy atom. The first-order valence-electron chi connectivity index (χ1n) is 7.60. The zero-order chi connectivity index (χ0) is 15.3. The molecule has 0 spiro atoms. The molecular formula is C15H24ClN3O2. The van der Waals surface area contributed by atoms with E-state index in [1.54, 1.807) is 18.0 Å². The van der Waals surface area contributed by atoms with Gasteiger partial charge in [0.2, 0.25) is 0 Å². The van der Waals surface area contributed by atoms with E-state index in [0.717, 1.165) is 38.8 Å². The number of halogens is 1. The summed E-state index contributed by atoms with van der Waals surface area (Å²) in [6, 6.07) is 0. The van der Waals surface area contributed by atoms with Crippen LogP contribution in [0.25, 0.3) is 0 Å². The summed E-state index contributed by atoms with van der Waals surface area (Å²) in [5, 5.41) is 8.03. The molecule has 1 atom stereocenters. The zero-order valence-corrected chi connectivity index (χ0v) is 13.6. The van der Waals surface area contributed by atoms with E-state index in [1.807, 2.05) is 0 Å². The second-order valence-electron chi connectivity index (χ2n) is 5.70. The summed E-state index contributed by atoms with van der Waals surface area (Å²) >= 11 is 6.23. The van der Waals surface area contributed by atoms with Crippen molar-refractivity contribution < 1.29 is 9.53 Å². The first-order valence-corrected chi connectivity index (χ1v) is 7.98. The van der Waals surface area contributed by atoms with Gasteiger partial charge < -0.3 is 10.1 Å². The van der Waals surface area contributed by atoms with Crippen molar-refractivity contribution in [1.82, 2.24) is 15.1 Å². The minimum Gasteiger partial charge on any atom is -0.383 e. The Morgan fingerprint density at radius 1 is 1.62 bits per heavy atom. The highest BCUT2D eigenvalue weighted by atomic mass is 35.5. The smallest absolute Gasteiger partial charge is 0.189 e. The topological polar surface area (TPSA) is 56.2 Å². The van der Waals surface area contributed by atoms with Crippen molar-refractivity contribution in [2.75, 3.05) is 26.8 Å². The molecule has 6 heteroatoms. The molecule has 1 unspecified atom stereocenters. The molecule has 1 aliphatic rings. The number of nitrogens with one attached hydrogen (secondary N) is 1. The van der Waals surface area contributed by atoms with E-state index in [4.69, 9.17) is 16.3 Å². The van der Waals surface area contributed by atoms with Crippen LogP contribution in [0.3, 0.4) is 0 Å². The number of methoxy groups -OCH3 is 1. The monoisotopic (exact) mass is 313 g/mol. The third kappa shape index (κ3) is 3.47. The summed E-state index contributed by atoms with van der Waals surface area (Å²) in [7, 11) is 1.64. The number of carbonyl (C=O) groups is 1. The summed E-state index contributed by atoms with van der Waals surface area (Å²) < 4.78 is 6.76. The fourth-order valence-electron chi connectivity index (χ4n) is 3.15. The second-order valence-corrected chi connectivity index (χ2v) is 6.10. The molecule has 1 saturated heterocycles. The van der Waals surface area contributed by atoms with Crippen LogP contribution in [-0.2, 0) is 11.3 Å². The molecule has 1 aromatic rings. The van der Waals surface area contributed by atoms with Gasteiger partial charge >= 0.3 is 0 Å². The number of nitrogens with zero attached hydrogens (tertiary/aromatic N) is 2. The van der Waals surface area contributed by atoms with E-state index in [0.29, 0.717) is 23.9 Å². The third-order valence-electron chi connectivity index (χ3n) is 4.20. The van der Waals surface area contributed by atoms with Crippen LogP contribution in [0.5, 0.6) is 0 Å². The van der Waals surface area contributed by atoms with E-state index >= 15 is 0 Å². The van der Waals surface area contributed by atoms with Crippen LogP contribution in [0.1, 0.15) is 43.1 Å². The van der Waals surface area contributed by atoms with Crippen molar-refractivity contribution in [2.24, 2.45) is 5.41 Å². The Bertz CT molecular complexity index is 476. The molecule has 5 nitrogen and oxygen atoms in total. The molecule has 21 heavy (non-hydrogen) atoms. The summed E-state index contributed by atoms with van der Waals surface area (Å²) in [4.78, 5) is 13.2. The maximum atomic E-state index is 13.2. The Morgan fingerprint density at radius 2 is 2.43 bits per heavy atom. The van der Waals surface area contributed by atoms with E-state index in [-0.39, 0.29) is 11.2 Å². The van der Waals surface area contributed by atoms with E-state index in [2.05, 4.69) is 17.3 Å². The van der Waals surface area contributed by atoms with Crippen LogP contribution in [0.15, 0.2) is 6.20 Å². The summed E-state index contributed by atoms with van der Waals surface area (Å²) in [5.41, 5.74) is 0.187. The highest BCUT2D eigenvalue weighted by molar-refractivity contribution is 6.33. The van der Waals surface area contributed by atoms with Crippen molar-refractivity contribution in [2.45, 2.75) is 39.2 Å². The Balaban J connectivity index is 2.30. The predicted octanol–water partition coefficient (Wildman–Crippen LogP) is 2.54. The fraction of sp³-hybridized carbons (Fsp3) is 0.733.